The molecule has 1 aliphatic heterocycles. The third kappa shape index (κ3) is 1.35. The predicted octanol–water partition coefficient (Wildman–Crippen LogP) is 0.781. The Morgan fingerprint density at radius 2 is 2.36 bits per heavy atom. The SMILES string of the molecule is O=C(O)C1CSC(=C2CC2)N1. The van der Waals surface area contributed by atoms with Crippen LogP contribution in [0.1, 0.15) is 12.8 Å². The molecule has 1 atom stereocenters. The number of allylic oxidation sites excluding steroid dienone is 1. The van der Waals surface area contributed by atoms with E-state index < -0.39 is 5.97 Å². The molecule has 1 heterocycles. The monoisotopic (exact) mass is 171 g/mol. The van der Waals surface area contributed by atoms with E-state index in [1.165, 1.54) is 5.57 Å². The normalized spacial score (nSPS) is 28.5. The lowest BCUT2D eigenvalue weighted by atomic mass is 10.3. The van der Waals surface area contributed by atoms with E-state index in [0.717, 1.165) is 17.9 Å². The van der Waals surface area contributed by atoms with Crippen LogP contribution in [0, 0.1) is 0 Å². The summed E-state index contributed by atoms with van der Waals surface area (Å²) in [4.78, 5) is 10.5. The molecule has 2 N–H and O–H groups in total. The van der Waals surface area contributed by atoms with E-state index in [0.29, 0.717) is 5.75 Å². The summed E-state index contributed by atoms with van der Waals surface area (Å²) in [5.41, 5.74) is 1.40. The van der Waals surface area contributed by atoms with Crippen LogP contribution in [0.2, 0.25) is 0 Å². The van der Waals surface area contributed by atoms with Gasteiger partial charge < -0.3 is 10.4 Å². The number of rotatable bonds is 1. The molecule has 11 heavy (non-hydrogen) atoms. The first-order valence-corrected chi connectivity index (χ1v) is 4.60. The van der Waals surface area contributed by atoms with Crippen molar-refractivity contribution in [3.05, 3.63) is 10.6 Å². The molecule has 0 aromatic carbocycles. The minimum absolute atomic E-state index is 0.358. The fourth-order valence-corrected chi connectivity index (χ4v) is 2.23. The van der Waals surface area contributed by atoms with Crippen LogP contribution in [0.15, 0.2) is 10.6 Å². The first-order chi connectivity index (χ1) is 5.27. The van der Waals surface area contributed by atoms with Crippen molar-refractivity contribution in [2.24, 2.45) is 0 Å². The van der Waals surface area contributed by atoms with Gasteiger partial charge in [0.2, 0.25) is 0 Å². The van der Waals surface area contributed by atoms with Crippen molar-refractivity contribution < 1.29 is 9.90 Å². The Balaban J connectivity index is 2.04. The van der Waals surface area contributed by atoms with E-state index in [4.69, 9.17) is 5.11 Å². The maximum Gasteiger partial charge on any atom is 0.327 e. The Morgan fingerprint density at radius 3 is 2.82 bits per heavy atom. The largest absolute Gasteiger partial charge is 0.480 e. The molecular formula is C7H9NO2S. The van der Waals surface area contributed by atoms with Crippen LogP contribution in [-0.2, 0) is 4.79 Å². The number of hydrogen-bond donors (Lipinski definition) is 2. The van der Waals surface area contributed by atoms with E-state index in [9.17, 15) is 4.79 Å². The molecule has 0 radical (unpaired) electrons. The molecule has 3 nitrogen and oxygen atoms in total. The molecule has 0 aromatic rings. The highest BCUT2D eigenvalue weighted by Crippen LogP contribution is 2.38. The van der Waals surface area contributed by atoms with Crippen LogP contribution in [-0.4, -0.2) is 22.9 Å². The Bertz CT molecular complexity index is 231. The average molecular weight is 171 g/mol. The van der Waals surface area contributed by atoms with Crippen LogP contribution in [0.5, 0.6) is 0 Å². The maximum atomic E-state index is 10.5. The van der Waals surface area contributed by atoms with Gasteiger partial charge in [-0.2, -0.15) is 0 Å². The van der Waals surface area contributed by atoms with Crippen LogP contribution in [0.25, 0.3) is 0 Å². The van der Waals surface area contributed by atoms with Crippen LogP contribution in [0.4, 0.5) is 0 Å². The highest BCUT2D eigenvalue weighted by molar-refractivity contribution is 8.03. The molecular weight excluding hydrogens is 162 g/mol. The van der Waals surface area contributed by atoms with E-state index in [-0.39, 0.29) is 6.04 Å². The number of carboxylic acids is 1. The molecule has 0 bridgehead atoms. The van der Waals surface area contributed by atoms with Gasteiger partial charge in [0.05, 0.1) is 5.03 Å². The van der Waals surface area contributed by atoms with Crippen molar-refractivity contribution in [3.8, 4) is 0 Å². The molecule has 2 rings (SSSR count). The fraction of sp³-hybridized carbons (Fsp3) is 0.571. The van der Waals surface area contributed by atoms with Gasteiger partial charge >= 0.3 is 5.97 Å². The van der Waals surface area contributed by atoms with Crippen LogP contribution < -0.4 is 5.32 Å². The van der Waals surface area contributed by atoms with E-state index >= 15 is 0 Å². The second-order valence-electron chi connectivity index (χ2n) is 2.78. The van der Waals surface area contributed by atoms with Gasteiger partial charge in [-0.15, -0.1) is 11.8 Å². The quantitative estimate of drug-likeness (QED) is 0.612. The number of thioether (sulfide) groups is 1. The minimum Gasteiger partial charge on any atom is -0.480 e. The molecule has 0 amide bonds. The smallest absolute Gasteiger partial charge is 0.327 e. The number of carbonyl (C=O) groups is 1. The highest BCUT2D eigenvalue weighted by atomic mass is 32.2. The average Bonchev–Trinajstić information content (AvgIpc) is 2.68. The summed E-state index contributed by atoms with van der Waals surface area (Å²) >= 11 is 1.64. The second-order valence-corrected chi connectivity index (χ2v) is 3.81. The molecule has 1 saturated heterocycles. The zero-order chi connectivity index (χ0) is 7.84. The summed E-state index contributed by atoms with van der Waals surface area (Å²) in [7, 11) is 0. The van der Waals surface area contributed by atoms with Gasteiger partial charge in [0.15, 0.2) is 0 Å². The van der Waals surface area contributed by atoms with Crippen molar-refractivity contribution in [1.29, 1.82) is 0 Å². The van der Waals surface area contributed by atoms with E-state index in [2.05, 4.69) is 5.32 Å². The predicted molar refractivity (Wildman–Crippen MR) is 43.3 cm³/mol. The zero-order valence-corrected chi connectivity index (χ0v) is 6.78. The summed E-state index contributed by atoms with van der Waals surface area (Å²) < 4.78 is 0. The van der Waals surface area contributed by atoms with Gasteiger partial charge in [-0.25, -0.2) is 4.79 Å². The van der Waals surface area contributed by atoms with Gasteiger partial charge in [-0.05, 0) is 18.4 Å². The summed E-state index contributed by atoms with van der Waals surface area (Å²) in [6.07, 6.45) is 2.31. The number of hydrogen-bond acceptors (Lipinski definition) is 3. The van der Waals surface area contributed by atoms with Gasteiger partial charge in [-0.1, -0.05) is 0 Å². The Morgan fingerprint density at radius 1 is 1.64 bits per heavy atom. The first-order valence-electron chi connectivity index (χ1n) is 3.61. The lowest BCUT2D eigenvalue weighted by Crippen LogP contribution is -2.31. The Kier molecular flexibility index (Phi) is 1.56. The third-order valence-corrected chi connectivity index (χ3v) is 3.01. The minimum atomic E-state index is -0.742. The maximum absolute atomic E-state index is 10.5. The van der Waals surface area contributed by atoms with Crippen molar-refractivity contribution in [2.45, 2.75) is 18.9 Å². The number of aliphatic carboxylic acids is 1. The van der Waals surface area contributed by atoms with Gasteiger partial charge in [0.1, 0.15) is 6.04 Å². The summed E-state index contributed by atoms with van der Waals surface area (Å²) in [6.45, 7) is 0. The molecule has 1 aliphatic carbocycles. The standard InChI is InChI=1S/C7H9NO2S/c9-7(10)5-3-11-6(8-5)4-1-2-4/h5,8H,1-3H2,(H,9,10). The molecule has 60 valence electrons. The van der Waals surface area contributed by atoms with Gasteiger partial charge in [0.25, 0.3) is 0 Å². The van der Waals surface area contributed by atoms with Crippen molar-refractivity contribution in [2.75, 3.05) is 5.75 Å². The molecule has 2 fully saturated rings. The fourth-order valence-electron chi connectivity index (χ4n) is 1.03. The number of carboxylic acid groups (broad SMARTS) is 1. The van der Waals surface area contributed by atoms with Crippen molar-refractivity contribution >= 4 is 17.7 Å². The first kappa shape index (κ1) is 7.03. The van der Waals surface area contributed by atoms with E-state index in [1.54, 1.807) is 11.8 Å². The molecule has 1 saturated carbocycles. The number of nitrogens with one attached hydrogen (secondary N) is 1. The topological polar surface area (TPSA) is 49.3 Å². The lowest BCUT2D eigenvalue weighted by molar-refractivity contribution is -0.138. The Labute approximate surface area is 68.9 Å². The van der Waals surface area contributed by atoms with Crippen LogP contribution >= 0.6 is 11.8 Å². The Hall–Kier alpha value is -0.640. The third-order valence-electron chi connectivity index (χ3n) is 1.82. The van der Waals surface area contributed by atoms with Crippen LogP contribution in [0.3, 0.4) is 0 Å². The molecule has 4 heteroatoms. The van der Waals surface area contributed by atoms with E-state index in [1.807, 2.05) is 0 Å². The summed E-state index contributed by atoms with van der Waals surface area (Å²) in [5.74, 6) is -0.0671. The molecule has 2 aliphatic rings. The summed E-state index contributed by atoms with van der Waals surface area (Å²) in [6, 6.07) is -0.358. The highest BCUT2D eigenvalue weighted by Gasteiger charge is 2.29. The molecule has 1 unspecified atom stereocenters. The summed E-state index contributed by atoms with van der Waals surface area (Å²) in [5, 5.41) is 12.8. The van der Waals surface area contributed by atoms with Gasteiger partial charge in [0, 0.05) is 5.75 Å². The van der Waals surface area contributed by atoms with Crippen molar-refractivity contribution in [1.82, 2.24) is 5.32 Å². The van der Waals surface area contributed by atoms with Gasteiger partial charge in [-0.3, -0.25) is 0 Å². The van der Waals surface area contributed by atoms with Crippen molar-refractivity contribution in [3.63, 3.8) is 0 Å². The lowest BCUT2D eigenvalue weighted by Gasteiger charge is -2.01. The molecule has 0 aromatic heterocycles. The zero-order valence-electron chi connectivity index (χ0n) is 5.96. The second kappa shape index (κ2) is 2.44. The molecule has 0 spiro atoms.